The first-order valence-electron chi connectivity index (χ1n) is 4.85. The summed E-state index contributed by atoms with van der Waals surface area (Å²) >= 11 is 0. The zero-order valence-corrected chi connectivity index (χ0v) is 7.33. The number of rotatable bonds is 3. The number of aliphatic hydroxyl groups excluding tert-OH is 1. The number of ether oxygens (including phenoxy) is 1. The molecule has 0 spiro atoms. The fourth-order valence-electron chi connectivity index (χ4n) is 1.82. The minimum absolute atomic E-state index is 0.348. The van der Waals surface area contributed by atoms with Crippen molar-refractivity contribution >= 4 is 0 Å². The zero-order valence-electron chi connectivity index (χ0n) is 7.33. The molecular formula is C9H17NO2. The van der Waals surface area contributed by atoms with Gasteiger partial charge >= 0.3 is 0 Å². The van der Waals surface area contributed by atoms with Crippen LogP contribution in [0.4, 0.5) is 0 Å². The van der Waals surface area contributed by atoms with E-state index in [1.54, 1.807) is 0 Å². The quantitative estimate of drug-likeness (QED) is 0.634. The highest BCUT2D eigenvalue weighted by Crippen LogP contribution is 2.30. The largest absolute Gasteiger partial charge is 0.396 e. The summed E-state index contributed by atoms with van der Waals surface area (Å²) < 4.78 is 5.27. The van der Waals surface area contributed by atoms with E-state index in [1.165, 1.54) is 0 Å². The highest BCUT2D eigenvalue weighted by molar-refractivity contribution is 4.94. The molecule has 2 rings (SSSR count). The molecule has 0 bridgehead atoms. The molecule has 3 nitrogen and oxygen atoms in total. The first kappa shape index (κ1) is 8.48. The van der Waals surface area contributed by atoms with Crippen molar-refractivity contribution in [2.24, 2.45) is 5.92 Å². The standard InChI is InChI=1S/C9H17NO2/c11-6-7-5-9(7)10-8-1-3-12-4-2-8/h7-11H,1-6H2/t7-,9+/m0/s1. The van der Waals surface area contributed by atoms with Crippen LogP contribution in [0, 0.1) is 5.92 Å². The van der Waals surface area contributed by atoms with Crippen molar-refractivity contribution in [3.63, 3.8) is 0 Å². The van der Waals surface area contributed by atoms with Gasteiger partial charge in [0.1, 0.15) is 0 Å². The van der Waals surface area contributed by atoms with Gasteiger partial charge in [0, 0.05) is 31.9 Å². The Morgan fingerprint density at radius 3 is 2.67 bits per heavy atom. The van der Waals surface area contributed by atoms with E-state index in [0.717, 1.165) is 32.5 Å². The third-order valence-electron chi connectivity index (χ3n) is 2.83. The number of hydrogen-bond acceptors (Lipinski definition) is 3. The third-order valence-corrected chi connectivity index (χ3v) is 2.83. The van der Waals surface area contributed by atoms with Crippen LogP contribution in [0.25, 0.3) is 0 Å². The molecule has 1 aliphatic heterocycles. The summed E-state index contributed by atoms with van der Waals surface area (Å²) in [6.45, 7) is 2.14. The highest BCUT2D eigenvalue weighted by Gasteiger charge is 2.37. The first-order chi connectivity index (χ1) is 5.90. The minimum atomic E-state index is 0.348. The van der Waals surface area contributed by atoms with Crippen molar-refractivity contribution in [3.05, 3.63) is 0 Å². The molecule has 1 saturated heterocycles. The predicted molar refractivity (Wildman–Crippen MR) is 46.0 cm³/mol. The molecule has 2 aliphatic rings. The van der Waals surface area contributed by atoms with E-state index in [1.807, 2.05) is 0 Å². The second-order valence-corrected chi connectivity index (χ2v) is 3.84. The molecule has 3 heteroatoms. The van der Waals surface area contributed by atoms with Crippen molar-refractivity contribution < 1.29 is 9.84 Å². The molecule has 0 radical (unpaired) electrons. The predicted octanol–water partition coefficient (Wildman–Crippen LogP) is 0.136. The maximum Gasteiger partial charge on any atom is 0.0480 e. The van der Waals surface area contributed by atoms with Crippen LogP contribution in [0.3, 0.4) is 0 Å². The van der Waals surface area contributed by atoms with Crippen LogP contribution < -0.4 is 5.32 Å². The second-order valence-electron chi connectivity index (χ2n) is 3.84. The summed E-state index contributed by atoms with van der Waals surface area (Å²) in [6, 6.07) is 1.23. The lowest BCUT2D eigenvalue weighted by Gasteiger charge is -2.23. The Morgan fingerprint density at radius 2 is 2.08 bits per heavy atom. The van der Waals surface area contributed by atoms with Crippen LogP contribution in [0.15, 0.2) is 0 Å². The molecular weight excluding hydrogens is 154 g/mol. The maximum atomic E-state index is 8.84. The van der Waals surface area contributed by atoms with E-state index < -0.39 is 0 Å². The monoisotopic (exact) mass is 171 g/mol. The van der Waals surface area contributed by atoms with Gasteiger partial charge in [-0.05, 0) is 25.2 Å². The topological polar surface area (TPSA) is 41.5 Å². The van der Waals surface area contributed by atoms with Gasteiger partial charge in [0.25, 0.3) is 0 Å². The van der Waals surface area contributed by atoms with Crippen LogP contribution in [0.5, 0.6) is 0 Å². The van der Waals surface area contributed by atoms with Crippen LogP contribution >= 0.6 is 0 Å². The molecule has 1 saturated carbocycles. The fourth-order valence-corrected chi connectivity index (χ4v) is 1.82. The molecule has 2 fully saturated rings. The summed E-state index contributed by atoms with van der Waals surface area (Å²) in [5.41, 5.74) is 0. The lowest BCUT2D eigenvalue weighted by Crippen LogP contribution is -2.37. The molecule has 1 aliphatic carbocycles. The van der Waals surface area contributed by atoms with Gasteiger partial charge in [-0.15, -0.1) is 0 Å². The van der Waals surface area contributed by atoms with Gasteiger partial charge < -0.3 is 15.2 Å². The Kier molecular flexibility index (Phi) is 2.63. The lowest BCUT2D eigenvalue weighted by atomic mass is 10.1. The lowest BCUT2D eigenvalue weighted by molar-refractivity contribution is 0.0769. The summed E-state index contributed by atoms with van der Waals surface area (Å²) in [4.78, 5) is 0. The maximum absolute atomic E-state index is 8.84. The first-order valence-corrected chi connectivity index (χ1v) is 4.85. The Balaban J connectivity index is 1.66. The average Bonchev–Trinajstić information content (AvgIpc) is 2.85. The van der Waals surface area contributed by atoms with Crippen LogP contribution in [0.1, 0.15) is 19.3 Å². The summed E-state index contributed by atoms with van der Waals surface area (Å²) in [6.07, 6.45) is 3.43. The molecule has 12 heavy (non-hydrogen) atoms. The molecule has 1 heterocycles. The molecule has 2 N–H and O–H groups in total. The van der Waals surface area contributed by atoms with E-state index in [-0.39, 0.29) is 0 Å². The number of hydrogen-bond donors (Lipinski definition) is 2. The Labute approximate surface area is 73.1 Å². The normalized spacial score (nSPS) is 36.8. The smallest absolute Gasteiger partial charge is 0.0480 e. The van der Waals surface area contributed by atoms with Crippen LogP contribution in [-0.2, 0) is 4.74 Å². The van der Waals surface area contributed by atoms with E-state index in [9.17, 15) is 0 Å². The van der Waals surface area contributed by atoms with Gasteiger partial charge in [-0.1, -0.05) is 0 Å². The van der Waals surface area contributed by atoms with Gasteiger partial charge in [0.05, 0.1) is 0 Å². The van der Waals surface area contributed by atoms with E-state index >= 15 is 0 Å². The molecule has 0 aromatic rings. The fraction of sp³-hybridized carbons (Fsp3) is 1.00. The van der Waals surface area contributed by atoms with Crippen LogP contribution in [0.2, 0.25) is 0 Å². The van der Waals surface area contributed by atoms with Crippen molar-refractivity contribution in [1.29, 1.82) is 0 Å². The minimum Gasteiger partial charge on any atom is -0.396 e. The Morgan fingerprint density at radius 1 is 1.33 bits per heavy atom. The van der Waals surface area contributed by atoms with E-state index in [2.05, 4.69) is 5.32 Å². The third kappa shape index (κ3) is 1.97. The van der Waals surface area contributed by atoms with Crippen molar-refractivity contribution in [2.75, 3.05) is 19.8 Å². The molecule has 0 aromatic heterocycles. The van der Waals surface area contributed by atoms with Crippen molar-refractivity contribution in [3.8, 4) is 0 Å². The highest BCUT2D eigenvalue weighted by atomic mass is 16.5. The van der Waals surface area contributed by atoms with Gasteiger partial charge in [0.2, 0.25) is 0 Å². The van der Waals surface area contributed by atoms with Crippen LogP contribution in [-0.4, -0.2) is 37.0 Å². The molecule has 0 amide bonds. The number of nitrogens with one attached hydrogen (secondary N) is 1. The van der Waals surface area contributed by atoms with E-state index in [0.29, 0.717) is 24.6 Å². The Bertz CT molecular complexity index is 145. The van der Waals surface area contributed by atoms with Gasteiger partial charge in [0.15, 0.2) is 0 Å². The van der Waals surface area contributed by atoms with Crippen molar-refractivity contribution in [1.82, 2.24) is 5.32 Å². The van der Waals surface area contributed by atoms with Gasteiger partial charge in [-0.25, -0.2) is 0 Å². The van der Waals surface area contributed by atoms with Crippen molar-refractivity contribution in [2.45, 2.75) is 31.3 Å². The van der Waals surface area contributed by atoms with Gasteiger partial charge in [-0.2, -0.15) is 0 Å². The molecule has 2 atom stereocenters. The summed E-state index contributed by atoms with van der Waals surface area (Å²) in [7, 11) is 0. The van der Waals surface area contributed by atoms with Gasteiger partial charge in [-0.3, -0.25) is 0 Å². The zero-order chi connectivity index (χ0) is 8.39. The SMILES string of the molecule is OC[C@@H]1C[C@H]1NC1CCOCC1. The second kappa shape index (κ2) is 3.73. The molecule has 0 unspecified atom stereocenters. The summed E-state index contributed by atoms with van der Waals surface area (Å²) in [5, 5.41) is 12.4. The number of aliphatic hydroxyl groups is 1. The molecule has 0 aromatic carbocycles. The average molecular weight is 171 g/mol. The Hall–Kier alpha value is -0.120. The van der Waals surface area contributed by atoms with E-state index in [4.69, 9.17) is 9.84 Å². The summed E-state index contributed by atoms with van der Waals surface area (Å²) in [5.74, 6) is 0.535. The molecule has 70 valence electrons.